The minimum absolute atomic E-state index is 0.116. The van der Waals surface area contributed by atoms with E-state index in [1.54, 1.807) is 4.90 Å². The molecule has 2 amide bonds. The molecule has 1 saturated heterocycles. The second-order valence-electron chi connectivity index (χ2n) is 2.92. The smallest absolute Gasteiger partial charge is 0.317 e. The zero-order chi connectivity index (χ0) is 6.97. The van der Waals surface area contributed by atoms with Gasteiger partial charge in [-0.05, 0) is 12.8 Å². The number of amides is 2. The Labute approximate surface area is 60.4 Å². The van der Waals surface area contributed by atoms with Crippen molar-refractivity contribution in [1.82, 2.24) is 10.2 Å². The van der Waals surface area contributed by atoms with E-state index < -0.39 is 0 Å². The molecule has 3 nitrogen and oxygen atoms in total. The van der Waals surface area contributed by atoms with Crippen LogP contribution >= 0.6 is 0 Å². The summed E-state index contributed by atoms with van der Waals surface area (Å²) in [5, 5.41) is 2.92. The maximum absolute atomic E-state index is 11.1. The molecule has 55 valence electrons. The van der Waals surface area contributed by atoms with Gasteiger partial charge in [-0.3, -0.25) is 0 Å². The number of urea groups is 1. The quantitative estimate of drug-likeness (QED) is 0.559. The van der Waals surface area contributed by atoms with Gasteiger partial charge >= 0.3 is 6.03 Å². The molecule has 1 aliphatic carbocycles. The predicted octanol–water partition coefficient (Wildman–Crippen LogP) is 0.378. The topological polar surface area (TPSA) is 32.3 Å². The maximum Gasteiger partial charge on any atom is 0.317 e. The molecule has 1 aliphatic heterocycles. The molecule has 0 bridgehead atoms. The first-order valence-corrected chi connectivity index (χ1v) is 3.73. The van der Waals surface area contributed by atoms with Crippen LogP contribution in [0.2, 0.25) is 0 Å². The molecule has 1 radical (unpaired) electrons. The van der Waals surface area contributed by atoms with E-state index in [1.165, 1.54) is 12.8 Å². The van der Waals surface area contributed by atoms with Gasteiger partial charge in [-0.2, -0.15) is 0 Å². The summed E-state index contributed by atoms with van der Waals surface area (Å²) in [7, 11) is 0. The monoisotopic (exact) mass is 139 g/mol. The summed E-state index contributed by atoms with van der Waals surface area (Å²) in [4.78, 5) is 12.9. The second kappa shape index (κ2) is 2.15. The molecule has 1 saturated carbocycles. The molecule has 0 aromatic heterocycles. The molecule has 1 N–H and O–H groups in total. The van der Waals surface area contributed by atoms with E-state index in [9.17, 15) is 4.79 Å². The molecule has 0 aromatic rings. The van der Waals surface area contributed by atoms with Crippen LogP contribution in [0.5, 0.6) is 0 Å². The first-order chi connectivity index (χ1) is 4.86. The summed E-state index contributed by atoms with van der Waals surface area (Å²) in [6.07, 6.45) is 4.43. The van der Waals surface area contributed by atoms with Crippen molar-refractivity contribution < 1.29 is 4.79 Å². The molecule has 0 spiro atoms. The first kappa shape index (κ1) is 6.01. The van der Waals surface area contributed by atoms with E-state index in [1.807, 2.05) is 0 Å². The van der Waals surface area contributed by atoms with Gasteiger partial charge in [0.2, 0.25) is 0 Å². The van der Waals surface area contributed by atoms with Gasteiger partial charge in [-0.25, -0.2) is 4.79 Å². The van der Waals surface area contributed by atoms with Crippen LogP contribution in [0.15, 0.2) is 0 Å². The van der Waals surface area contributed by atoms with E-state index >= 15 is 0 Å². The number of carbonyl (C=O) groups is 1. The lowest BCUT2D eigenvalue weighted by molar-refractivity contribution is 0.189. The third-order valence-corrected chi connectivity index (χ3v) is 1.89. The summed E-state index contributed by atoms with van der Waals surface area (Å²) in [6.45, 7) is 1.66. The molecule has 2 rings (SSSR count). The number of likely N-dealkylation sites (tertiary alicyclic amines) is 1. The van der Waals surface area contributed by atoms with Crippen molar-refractivity contribution in [2.75, 3.05) is 13.1 Å². The van der Waals surface area contributed by atoms with Gasteiger partial charge in [-0.15, -0.1) is 0 Å². The second-order valence-corrected chi connectivity index (χ2v) is 2.92. The Morgan fingerprint density at radius 2 is 2.20 bits per heavy atom. The van der Waals surface area contributed by atoms with E-state index in [0.29, 0.717) is 6.04 Å². The fourth-order valence-corrected chi connectivity index (χ4v) is 0.918. The van der Waals surface area contributed by atoms with Crippen LogP contribution in [-0.4, -0.2) is 30.1 Å². The lowest BCUT2D eigenvalue weighted by atomic mass is 10.2. The number of hydrogen-bond donors (Lipinski definition) is 1. The largest absolute Gasteiger partial charge is 0.335 e. The van der Waals surface area contributed by atoms with Crippen molar-refractivity contribution in [2.45, 2.75) is 18.9 Å². The van der Waals surface area contributed by atoms with Gasteiger partial charge in [0.1, 0.15) is 0 Å². The molecule has 2 aliphatic rings. The lowest BCUT2D eigenvalue weighted by Crippen LogP contribution is -2.48. The van der Waals surface area contributed by atoms with Crippen LogP contribution in [-0.2, 0) is 0 Å². The molecule has 2 fully saturated rings. The van der Waals surface area contributed by atoms with E-state index in [0.717, 1.165) is 13.1 Å². The number of nitrogens with one attached hydrogen (secondary N) is 1. The summed E-state index contributed by atoms with van der Waals surface area (Å²) in [6, 6.07) is 0.609. The Morgan fingerprint density at radius 1 is 1.50 bits per heavy atom. The molecule has 0 unspecified atom stereocenters. The molecular weight excluding hydrogens is 128 g/mol. The van der Waals surface area contributed by atoms with Crippen LogP contribution in [0.3, 0.4) is 0 Å². The maximum atomic E-state index is 11.1. The zero-order valence-electron chi connectivity index (χ0n) is 5.84. The van der Waals surface area contributed by atoms with Gasteiger partial charge in [0, 0.05) is 25.6 Å². The van der Waals surface area contributed by atoms with Crippen molar-refractivity contribution in [3.63, 3.8) is 0 Å². The van der Waals surface area contributed by atoms with Crippen molar-refractivity contribution in [1.29, 1.82) is 0 Å². The SMILES string of the molecule is O=C(NC1CC1)N1C[CH]C1. The van der Waals surface area contributed by atoms with E-state index in [-0.39, 0.29) is 6.03 Å². The van der Waals surface area contributed by atoms with Gasteiger partial charge in [0.05, 0.1) is 0 Å². The summed E-state index contributed by atoms with van der Waals surface area (Å²) in [5.74, 6) is 0. The average molecular weight is 139 g/mol. The molecule has 3 heteroatoms. The normalized spacial score (nSPS) is 23.8. The Balaban J connectivity index is 1.74. The first-order valence-electron chi connectivity index (χ1n) is 3.73. The minimum atomic E-state index is 0.116. The Bertz CT molecular complexity index is 150. The highest BCUT2D eigenvalue weighted by atomic mass is 16.2. The minimum Gasteiger partial charge on any atom is -0.335 e. The fraction of sp³-hybridized carbons (Fsp3) is 0.714. The Hall–Kier alpha value is -0.730. The Morgan fingerprint density at radius 3 is 2.60 bits per heavy atom. The van der Waals surface area contributed by atoms with Crippen LogP contribution in [0, 0.1) is 6.42 Å². The predicted molar refractivity (Wildman–Crippen MR) is 37.4 cm³/mol. The van der Waals surface area contributed by atoms with Crippen molar-refractivity contribution in [2.24, 2.45) is 0 Å². The van der Waals surface area contributed by atoms with E-state index in [4.69, 9.17) is 0 Å². The highest BCUT2D eigenvalue weighted by molar-refractivity contribution is 5.76. The number of nitrogens with zero attached hydrogens (tertiary/aromatic N) is 1. The van der Waals surface area contributed by atoms with Gasteiger partial charge in [0.25, 0.3) is 0 Å². The van der Waals surface area contributed by atoms with Crippen LogP contribution < -0.4 is 5.32 Å². The van der Waals surface area contributed by atoms with Crippen molar-refractivity contribution in [3.8, 4) is 0 Å². The molecule has 1 heterocycles. The lowest BCUT2D eigenvalue weighted by Gasteiger charge is -2.30. The number of carbonyl (C=O) groups excluding carboxylic acids is 1. The molecular formula is C7H11N2O. The van der Waals surface area contributed by atoms with Crippen molar-refractivity contribution >= 4 is 6.03 Å². The van der Waals surface area contributed by atoms with Gasteiger partial charge in [-0.1, -0.05) is 0 Å². The molecule has 10 heavy (non-hydrogen) atoms. The summed E-state index contributed by atoms with van der Waals surface area (Å²) < 4.78 is 0. The van der Waals surface area contributed by atoms with Crippen LogP contribution in [0.25, 0.3) is 0 Å². The summed E-state index contributed by atoms with van der Waals surface area (Å²) >= 11 is 0. The van der Waals surface area contributed by atoms with Crippen LogP contribution in [0.4, 0.5) is 4.79 Å². The van der Waals surface area contributed by atoms with Gasteiger partial charge < -0.3 is 10.2 Å². The number of rotatable bonds is 1. The standard InChI is InChI=1S/C7H11N2O/c10-7(8-6-2-3-6)9-4-1-5-9/h1,6H,2-5H2,(H,8,10). The zero-order valence-corrected chi connectivity index (χ0v) is 5.84. The third-order valence-electron chi connectivity index (χ3n) is 1.89. The summed E-state index contributed by atoms with van der Waals surface area (Å²) in [5.41, 5.74) is 0. The van der Waals surface area contributed by atoms with Crippen LogP contribution in [0.1, 0.15) is 12.8 Å². The fourth-order valence-electron chi connectivity index (χ4n) is 0.918. The number of hydrogen-bond acceptors (Lipinski definition) is 1. The van der Waals surface area contributed by atoms with Gasteiger partial charge in [0.15, 0.2) is 0 Å². The molecule has 0 aromatic carbocycles. The average Bonchev–Trinajstić information content (AvgIpc) is 2.43. The third kappa shape index (κ3) is 1.08. The Kier molecular flexibility index (Phi) is 1.29. The van der Waals surface area contributed by atoms with Crippen molar-refractivity contribution in [3.05, 3.63) is 6.42 Å². The highest BCUT2D eigenvalue weighted by Gasteiger charge is 2.27. The highest BCUT2D eigenvalue weighted by Crippen LogP contribution is 2.19. The molecule has 0 atom stereocenters. The van der Waals surface area contributed by atoms with E-state index in [2.05, 4.69) is 11.7 Å².